The zero-order chi connectivity index (χ0) is 22.4. The Morgan fingerprint density at radius 1 is 1.09 bits per heavy atom. The van der Waals surface area contributed by atoms with Crippen LogP contribution in [0.4, 0.5) is 5.95 Å². The fraction of sp³-hybridized carbons (Fsp3) is 0.538. The number of rotatable bonds is 5. The van der Waals surface area contributed by atoms with Gasteiger partial charge in [-0.3, -0.25) is 5.10 Å². The Hall–Kier alpha value is -3.00. The van der Waals surface area contributed by atoms with Gasteiger partial charge < -0.3 is 15.3 Å². The Morgan fingerprint density at radius 3 is 2.82 bits per heavy atom. The predicted molar refractivity (Wildman–Crippen MR) is 127 cm³/mol. The molecular weight excluding hydrogens is 426 g/mol. The highest BCUT2D eigenvalue weighted by Gasteiger charge is 2.77. The molecule has 2 bridgehead atoms. The number of aromatic amines is 1. The molecule has 0 radical (unpaired) electrons. The molecule has 3 N–H and O–H groups in total. The van der Waals surface area contributed by atoms with Crippen LogP contribution in [0.15, 0.2) is 36.8 Å². The second kappa shape index (κ2) is 6.78. The minimum Gasteiger partial charge on any atom is -0.507 e. The summed E-state index contributed by atoms with van der Waals surface area (Å²) >= 11 is 0. The molecule has 34 heavy (non-hydrogen) atoms. The Balaban J connectivity index is 0.937. The number of benzene rings is 1. The first-order valence-corrected chi connectivity index (χ1v) is 12.7. The van der Waals surface area contributed by atoms with Gasteiger partial charge >= 0.3 is 0 Å². The SMILES string of the molecule is Oc1cc(-c2cn[nH]c2)ccc1-c1cnc(N2CCC(NC3C4CC5CC6CC3C64C5)C2)nn1. The van der Waals surface area contributed by atoms with Crippen LogP contribution in [-0.4, -0.2) is 55.7 Å². The Morgan fingerprint density at radius 2 is 2.03 bits per heavy atom. The van der Waals surface area contributed by atoms with E-state index in [1.165, 1.54) is 25.7 Å². The van der Waals surface area contributed by atoms with Gasteiger partial charge in [-0.25, -0.2) is 4.98 Å². The van der Waals surface area contributed by atoms with Gasteiger partial charge in [0.15, 0.2) is 0 Å². The molecule has 7 unspecified atom stereocenters. The Bertz CT molecular complexity index is 1240. The van der Waals surface area contributed by atoms with Gasteiger partial charge in [0.2, 0.25) is 5.95 Å². The number of hydrogen-bond donors (Lipinski definition) is 3. The zero-order valence-corrected chi connectivity index (χ0v) is 19.1. The lowest BCUT2D eigenvalue weighted by atomic mass is 9.36. The van der Waals surface area contributed by atoms with E-state index >= 15 is 0 Å². The van der Waals surface area contributed by atoms with Crippen LogP contribution in [0.5, 0.6) is 5.75 Å². The highest BCUT2D eigenvalue weighted by atomic mass is 16.3. The summed E-state index contributed by atoms with van der Waals surface area (Å²) in [5.74, 6) is 4.84. The summed E-state index contributed by atoms with van der Waals surface area (Å²) in [5, 5.41) is 30.2. The van der Waals surface area contributed by atoms with Gasteiger partial charge in [-0.05, 0) is 78.9 Å². The number of phenols is 1. The quantitative estimate of drug-likeness (QED) is 0.543. The van der Waals surface area contributed by atoms with E-state index in [-0.39, 0.29) is 5.75 Å². The molecule has 8 nitrogen and oxygen atoms in total. The van der Waals surface area contributed by atoms with E-state index in [1.54, 1.807) is 24.7 Å². The summed E-state index contributed by atoms with van der Waals surface area (Å²) in [7, 11) is 0. The fourth-order valence-corrected chi connectivity index (χ4v) is 8.57. The molecule has 7 atom stereocenters. The number of H-pyrrole nitrogens is 1. The average molecular weight is 456 g/mol. The van der Waals surface area contributed by atoms with Gasteiger partial charge in [0.25, 0.3) is 0 Å². The van der Waals surface area contributed by atoms with Crippen LogP contribution < -0.4 is 10.2 Å². The molecule has 1 aliphatic heterocycles. The molecule has 174 valence electrons. The maximum atomic E-state index is 10.6. The highest BCUT2D eigenvalue weighted by Crippen LogP contribution is 2.81. The molecule has 8 heteroatoms. The van der Waals surface area contributed by atoms with Crippen molar-refractivity contribution in [1.82, 2.24) is 30.7 Å². The first kappa shape index (κ1) is 19.3. The van der Waals surface area contributed by atoms with Crippen molar-refractivity contribution in [3.05, 3.63) is 36.8 Å². The van der Waals surface area contributed by atoms with E-state index in [0.29, 0.717) is 23.2 Å². The van der Waals surface area contributed by atoms with Crippen LogP contribution in [0.2, 0.25) is 0 Å². The minimum absolute atomic E-state index is 0.158. The van der Waals surface area contributed by atoms with E-state index in [0.717, 1.165) is 65.8 Å². The molecule has 4 saturated carbocycles. The molecule has 2 aromatic heterocycles. The van der Waals surface area contributed by atoms with Gasteiger partial charge in [-0.2, -0.15) is 5.10 Å². The van der Waals surface area contributed by atoms with Crippen molar-refractivity contribution < 1.29 is 5.11 Å². The predicted octanol–water partition coefficient (Wildman–Crippen LogP) is 3.24. The van der Waals surface area contributed by atoms with Crippen molar-refractivity contribution in [1.29, 1.82) is 0 Å². The molecule has 3 aromatic rings. The third kappa shape index (κ3) is 2.52. The molecule has 1 aromatic carbocycles. The van der Waals surface area contributed by atoms with Crippen LogP contribution >= 0.6 is 0 Å². The number of anilines is 1. The third-order valence-electron chi connectivity index (χ3n) is 9.95. The highest BCUT2D eigenvalue weighted by molar-refractivity contribution is 5.73. The van der Waals surface area contributed by atoms with Crippen molar-refractivity contribution in [3.8, 4) is 28.1 Å². The molecule has 4 aliphatic carbocycles. The van der Waals surface area contributed by atoms with Crippen LogP contribution in [0, 0.1) is 29.1 Å². The lowest BCUT2D eigenvalue weighted by Gasteiger charge is -2.71. The number of phenolic OH excluding ortho intramolecular Hbond substituents is 1. The smallest absolute Gasteiger partial charge is 0.245 e. The van der Waals surface area contributed by atoms with E-state index < -0.39 is 0 Å². The number of aromatic hydroxyl groups is 1. The first-order chi connectivity index (χ1) is 16.7. The van der Waals surface area contributed by atoms with E-state index in [4.69, 9.17) is 0 Å². The number of aromatic nitrogens is 5. The monoisotopic (exact) mass is 455 g/mol. The van der Waals surface area contributed by atoms with Crippen LogP contribution in [-0.2, 0) is 0 Å². The van der Waals surface area contributed by atoms with Gasteiger partial charge in [-0.1, -0.05) is 6.07 Å². The number of nitrogens with one attached hydrogen (secondary N) is 2. The van der Waals surface area contributed by atoms with E-state index in [9.17, 15) is 5.11 Å². The van der Waals surface area contributed by atoms with Gasteiger partial charge in [0, 0.05) is 42.5 Å². The number of hydrogen-bond acceptors (Lipinski definition) is 7. The van der Waals surface area contributed by atoms with Gasteiger partial charge in [0.1, 0.15) is 11.4 Å². The lowest BCUT2D eigenvalue weighted by Crippen LogP contribution is -2.73. The average Bonchev–Trinajstić information content (AvgIpc) is 3.63. The normalized spacial score (nSPS) is 36.9. The summed E-state index contributed by atoms with van der Waals surface area (Å²) in [6.07, 6.45) is 12.4. The Labute approximate surface area is 198 Å². The second-order valence-electron chi connectivity index (χ2n) is 11.3. The van der Waals surface area contributed by atoms with Crippen molar-refractivity contribution in [2.45, 2.75) is 44.2 Å². The molecule has 5 fully saturated rings. The minimum atomic E-state index is 0.158. The fourth-order valence-electron chi connectivity index (χ4n) is 8.57. The lowest BCUT2D eigenvalue weighted by molar-refractivity contribution is -0.204. The zero-order valence-electron chi connectivity index (χ0n) is 19.1. The summed E-state index contributed by atoms with van der Waals surface area (Å²) < 4.78 is 0. The molecule has 1 spiro atoms. The molecule has 3 heterocycles. The molecular formula is C26H29N7O. The van der Waals surface area contributed by atoms with Crippen molar-refractivity contribution in [3.63, 3.8) is 0 Å². The largest absolute Gasteiger partial charge is 0.507 e. The summed E-state index contributed by atoms with van der Waals surface area (Å²) in [6, 6.07) is 6.78. The summed E-state index contributed by atoms with van der Waals surface area (Å²) in [4.78, 5) is 6.85. The van der Waals surface area contributed by atoms with Crippen molar-refractivity contribution in [2.24, 2.45) is 29.1 Å². The summed E-state index contributed by atoms with van der Waals surface area (Å²) in [5.41, 5.74) is 3.79. The Kier molecular flexibility index (Phi) is 3.85. The topological polar surface area (TPSA) is 103 Å². The molecule has 0 amide bonds. The van der Waals surface area contributed by atoms with E-state index in [1.807, 2.05) is 12.1 Å². The third-order valence-corrected chi connectivity index (χ3v) is 9.95. The van der Waals surface area contributed by atoms with Crippen LogP contribution in [0.3, 0.4) is 0 Å². The number of fused-ring (bicyclic) bond motifs is 1. The second-order valence-corrected chi connectivity index (χ2v) is 11.3. The van der Waals surface area contributed by atoms with Gasteiger partial charge in [-0.15, -0.1) is 10.2 Å². The van der Waals surface area contributed by atoms with Crippen LogP contribution in [0.1, 0.15) is 32.1 Å². The number of nitrogens with zero attached hydrogens (tertiary/aromatic N) is 5. The van der Waals surface area contributed by atoms with Crippen LogP contribution in [0.25, 0.3) is 22.4 Å². The van der Waals surface area contributed by atoms with E-state index in [2.05, 4.69) is 35.6 Å². The first-order valence-electron chi connectivity index (χ1n) is 12.7. The van der Waals surface area contributed by atoms with Gasteiger partial charge in [0.05, 0.1) is 12.4 Å². The molecule has 1 saturated heterocycles. The van der Waals surface area contributed by atoms with Crippen molar-refractivity contribution in [2.75, 3.05) is 18.0 Å². The van der Waals surface area contributed by atoms with Crippen molar-refractivity contribution >= 4 is 5.95 Å². The standard InChI is InChI=1S/C26H29N7O/c34-23-7-15(16-10-28-29-11-16)1-2-19(23)22-12-27-25(32-31-22)33-4-3-18(13-33)30-24-20-6-14-5-17-8-21(24)26(17,20)9-14/h1-2,7,10-12,14,17-18,20-21,24,30,34H,3-6,8-9,13H2,(H,28,29). The summed E-state index contributed by atoms with van der Waals surface area (Å²) in [6.45, 7) is 1.91. The maximum Gasteiger partial charge on any atom is 0.245 e. The molecule has 5 aliphatic rings. The molecule has 8 rings (SSSR count). The maximum absolute atomic E-state index is 10.6.